The summed E-state index contributed by atoms with van der Waals surface area (Å²) >= 11 is 0. The van der Waals surface area contributed by atoms with Gasteiger partial charge < -0.3 is 19.7 Å². The fourth-order valence-electron chi connectivity index (χ4n) is 6.91. The molecule has 44 heavy (non-hydrogen) atoms. The summed E-state index contributed by atoms with van der Waals surface area (Å²) in [4.78, 5) is 55.2. The lowest BCUT2D eigenvalue weighted by Gasteiger charge is -2.31. The van der Waals surface area contributed by atoms with Gasteiger partial charge in [-0.25, -0.2) is 14.2 Å². The molecule has 11 nitrogen and oxygen atoms in total. The van der Waals surface area contributed by atoms with Crippen LogP contribution in [0.15, 0.2) is 41.2 Å². The molecule has 0 spiro atoms. The molecule has 1 aliphatic carbocycles. The van der Waals surface area contributed by atoms with Crippen molar-refractivity contribution in [3.05, 3.63) is 102 Å². The first-order valence-electron chi connectivity index (χ1n) is 14.4. The summed E-state index contributed by atoms with van der Waals surface area (Å²) in [6.45, 7) is 3.19. The van der Waals surface area contributed by atoms with Crippen LogP contribution in [0.2, 0.25) is 0 Å². The number of nitro benzene ring substituents is 1. The number of carbonyl (C=O) groups is 2. The van der Waals surface area contributed by atoms with Crippen LogP contribution in [0.1, 0.15) is 64.8 Å². The van der Waals surface area contributed by atoms with Crippen molar-refractivity contribution in [3.8, 4) is 11.4 Å². The number of hydrogen-bond donors (Lipinski definition) is 2. The summed E-state index contributed by atoms with van der Waals surface area (Å²) in [7, 11) is 0. The molecule has 0 fully saturated rings. The Morgan fingerprint density at radius 1 is 1.25 bits per heavy atom. The van der Waals surface area contributed by atoms with Crippen molar-refractivity contribution in [3.63, 3.8) is 0 Å². The predicted molar refractivity (Wildman–Crippen MR) is 155 cm³/mol. The van der Waals surface area contributed by atoms with E-state index in [4.69, 9.17) is 9.72 Å². The van der Waals surface area contributed by atoms with Gasteiger partial charge in [-0.05, 0) is 54.5 Å². The lowest BCUT2D eigenvalue weighted by Crippen LogP contribution is -2.44. The molecule has 0 unspecified atom stereocenters. The molecular weight excluding hydrogens is 571 g/mol. The van der Waals surface area contributed by atoms with Gasteiger partial charge in [0.05, 0.1) is 46.4 Å². The van der Waals surface area contributed by atoms with E-state index in [1.165, 1.54) is 28.8 Å². The molecule has 0 saturated carbocycles. The Labute approximate surface area is 249 Å². The third-order valence-electron chi connectivity index (χ3n) is 9.20. The maximum Gasteiger partial charge on any atom is 0.343 e. The SMILES string of the molecule is CC[C@@]1(O)C(=O)OCc2c1cc1n(c2=O)Cc2c-1nc1cc(F)c(C)c3c1c2[C@@H](NC(=O)Cc1cccc([N+](=O)[O-])c1)CC3. The Balaban J connectivity index is 1.37. The summed E-state index contributed by atoms with van der Waals surface area (Å²) in [6.07, 6.45) is 0.861. The molecule has 2 aromatic carbocycles. The van der Waals surface area contributed by atoms with E-state index in [1.54, 1.807) is 26.0 Å². The number of cyclic esters (lactones) is 1. The number of non-ortho nitro benzene ring substituents is 1. The minimum atomic E-state index is -1.99. The average Bonchev–Trinajstić information content (AvgIpc) is 3.37. The van der Waals surface area contributed by atoms with Crippen LogP contribution < -0.4 is 10.9 Å². The van der Waals surface area contributed by atoms with Crippen molar-refractivity contribution in [2.24, 2.45) is 0 Å². The molecule has 4 heterocycles. The first-order valence-corrected chi connectivity index (χ1v) is 14.4. The normalized spacial score (nSPS) is 19.6. The Kier molecular flexibility index (Phi) is 6.19. The van der Waals surface area contributed by atoms with Gasteiger partial charge in [0.25, 0.3) is 11.2 Å². The zero-order valence-corrected chi connectivity index (χ0v) is 23.9. The van der Waals surface area contributed by atoms with Crippen molar-refractivity contribution >= 4 is 28.5 Å². The van der Waals surface area contributed by atoms with Gasteiger partial charge in [0.15, 0.2) is 5.60 Å². The van der Waals surface area contributed by atoms with Gasteiger partial charge in [-0.1, -0.05) is 19.1 Å². The number of aliphatic hydroxyl groups is 1. The topological polar surface area (TPSA) is 154 Å². The van der Waals surface area contributed by atoms with Crippen molar-refractivity contribution in [2.45, 2.75) is 64.3 Å². The Morgan fingerprint density at radius 3 is 2.80 bits per heavy atom. The number of amides is 1. The molecule has 224 valence electrons. The first kappa shape index (κ1) is 27.8. The number of aromatic nitrogens is 2. The molecule has 4 aromatic rings. The number of ether oxygens (including phenoxy) is 1. The molecule has 1 amide bonds. The predicted octanol–water partition coefficient (Wildman–Crippen LogP) is 3.78. The van der Waals surface area contributed by atoms with Gasteiger partial charge in [-0.15, -0.1) is 0 Å². The summed E-state index contributed by atoms with van der Waals surface area (Å²) in [5, 5.41) is 26.2. The highest BCUT2D eigenvalue weighted by Crippen LogP contribution is 2.46. The monoisotopic (exact) mass is 598 g/mol. The van der Waals surface area contributed by atoms with E-state index >= 15 is 4.39 Å². The van der Waals surface area contributed by atoms with Crippen molar-refractivity contribution in [1.29, 1.82) is 0 Å². The Morgan fingerprint density at radius 2 is 2.05 bits per heavy atom. The number of pyridine rings is 2. The van der Waals surface area contributed by atoms with Crippen LogP contribution in [0.3, 0.4) is 0 Å². The largest absolute Gasteiger partial charge is 0.458 e. The quantitative estimate of drug-likeness (QED) is 0.176. The van der Waals surface area contributed by atoms with E-state index in [0.717, 1.165) is 16.5 Å². The van der Waals surface area contributed by atoms with Gasteiger partial charge in [0, 0.05) is 34.7 Å². The second-order valence-corrected chi connectivity index (χ2v) is 11.6. The highest BCUT2D eigenvalue weighted by atomic mass is 19.1. The van der Waals surface area contributed by atoms with E-state index in [2.05, 4.69) is 5.32 Å². The van der Waals surface area contributed by atoms with Crippen LogP contribution in [-0.4, -0.2) is 31.5 Å². The minimum Gasteiger partial charge on any atom is -0.458 e. The van der Waals surface area contributed by atoms with Crippen LogP contribution in [0.4, 0.5) is 10.1 Å². The molecule has 12 heteroatoms. The molecule has 7 rings (SSSR count). The van der Waals surface area contributed by atoms with Gasteiger partial charge in [-0.2, -0.15) is 0 Å². The van der Waals surface area contributed by atoms with Crippen LogP contribution in [0.5, 0.6) is 0 Å². The van der Waals surface area contributed by atoms with E-state index in [9.17, 15) is 29.6 Å². The lowest BCUT2D eigenvalue weighted by molar-refractivity contribution is -0.384. The fraction of sp³-hybridized carbons (Fsp3) is 0.312. The van der Waals surface area contributed by atoms with Gasteiger partial charge >= 0.3 is 5.97 Å². The number of fused-ring (bicyclic) bond motifs is 5. The van der Waals surface area contributed by atoms with E-state index < -0.39 is 33.9 Å². The number of esters is 1. The van der Waals surface area contributed by atoms with E-state index in [-0.39, 0.29) is 48.7 Å². The number of nitrogens with zero attached hydrogens (tertiary/aromatic N) is 3. The number of halogens is 1. The van der Waals surface area contributed by atoms with Crippen molar-refractivity contribution < 1.29 is 28.7 Å². The maximum absolute atomic E-state index is 15.1. The maximum atomic E-state index is 15.1. The summed E-state index contributed by atoms with van der Waals surface area (Å²) in [6, 6.07) is 8.34. The zero-order valence-electron chi connectivity index (χ0n) is 23.9. The molecule has 3 aliphatic rings. The number of carbonyl (C=O) groups excluding carboxylic acids is 2. The van der Waals surface area contributed by atoms with Gasteiger partial charge in [0.1, 0.15) is 12.4 Å². The summed E-state index contributed by atoms with van der Waals surface area (Å²) in [5.74, 6) is -1.59. The third-order valence-corrected chi connectivity index (χ3v) is 9.20. The molecule has 2 aliphatic heterocycles. The molecule has 2 aromatic heterocycles. The first-order chi connectivity index (χ1) is 21.0. The van der Waals surface area contributed by atoms with Gasteiger partial charge in [-0.3, -0.25) is 19.7 Å². The average molecular weight is 599 g/mol. The standard InChI is InChI=1S/C32H27FN4O7/c1-3-32(41)21-11-25-29-19(13-36(25)30(39)20(21)14-44-31(32)40)28-23(8-7-18-15(2)22(33)12-24(35-29)27(18)28)34-26(38)10-16-5-4-6-17(9-16)37(42)43/h4-6,9,11-12,23,41H,3,7-8,10,13-14H2,1-2H3,(H,34,38)/t23-,32-/m0/s1. The smallest absolute Gasteiger partial charge is 0.343 e. The lowest BCUT2D eigenvalue weighted by atomic mass is 9.81. The number of nitrogens with one attached hydrogen (secondary N) is 1. The molecule has 2 N–H and O–H groups in total. The second kappa shape index (κ2) is 9.78. The number of nitro groups is 1. The van der Waals surface area contributed by atoms with Crippen molar-refractivity contribution in [2.75, 3.05) is 0 Å². The number of aryl methyl sites for hydroxylation is 1. The Hall–Kier alpha value is -4.97. The van der Waals surface area contributed by atoms with Crippen LogP contribution >= 0.6 is 0 Å². The molecular formula is C32H27FN4O7. The molecule has 0 saturated heterocycles. The van der Waals surface area contributed by atoms with Crippen LogP contribution in [0.25, 0.3) is 22.3 Å². The van der Waals surface area contributed by atoms with Crippen molar-refractivity contribution in [1.82, 2.24) is 14.9 Å². The second-order valence-electron chi connectivity index (χ2n) is 11.6. The van der Waals surface area contributed by atoms with E-state index in [1.807, 2.05) is 0 Å². The number of rotatable bonds is 5. The molecule has 0 bridgehead atoms. The molecule has 0 radical (unpaired) electrons. The highest BCUT2D eigenvalue weighted by Gasteiger charge is 2.46. The van der Waals surface area contributed by atoms with Gasteiger partial charge in [0.2, 0.25) is 5.91 Å². The van der Waals surface area contributed by atoms with Crippen LogP contribution in [0, 0.1) is 22.9 Å². The summed E-state index contributed by atoms with van der Waals surface area (Å²) in [5.41, 5.74) is 2.22. The Bertz CT molecular complexity index is 2040. The fourth-order valence-corrected chi connectivity index (χ4v) is 6.91. The number of hydrogen-bond acceptors (Lipinski definition) is 8. The van der Waals surface area contributed by atoms with E-state index in [0.29, 0.717) is 46.4 Å². The third kappa shape index (κ3) is 3.97. The highest BCUT2D eigenvalue weighted by molar-refractivity contribution is 5.94. The van der Waals surface area contributed by atoms with Crippen LogP contribution in [-0.2, 0) is 45.9 Å². The zero-order chi connectivity index (χ0) is 31.1. The molecule has 2 atom stereocenters. The number of benzene rings is 2. The minimum absolute atomic E-state index is 0.00247. The summed E-state index contributed by atoms with van der Waals surface area (Å²) < 4.78 is 21.8.